The minimum atomic E-state index is -1.14. The van der Waals surface area contributed by atoms with Crippen LogP contribution in [-0.4, -0.2) is 59.0 Å². The molecule has 0 bridgehead atoms. The summed E-state index contributed by atoms with van der Waals surface area (Å²) < 4.78 is 0. The Hall–Kier alpha value is -2.10. The van der Waals surface area contributed by atoms with E-state index in [-0.39, 0.29) is 30.6 Å². The standard InChI is InChI=1S/C19H33N3O6S/c1-10(2)6-13(17(29)12(5)23)18(26)21-8-15(24)20-9-16(25)22-14(19(27)28)7-11(3)4/h10-11,13-14,17,29H,6-9H2,1-5H3,(H,20,24)(H,21,26)(H,22,25)(H,27,28)/t13?,14-,17?/m0/s1. The first-order chi connectivity index (χ1) is 13.3. The van der Waals surface area contributed by atoms with Gasteiger partial charge in [0.05, 0.1) is 24.3 Å². The Morgan fingerprint density at radius 1 is 0.862 bits per heavy atom. The lowest BCUT2D eigenvalue weighted by molar-refractivity contribution is -0.142. The van der Waals surface area contributed by atoms with Crippen LogP contribution in [0.3, 0.4) is 0 Å². The number of rotatable bonds is 13. The van der Waals surface area contributed by atoms with Crippen molar-refractivity contribution < 1.29 is 29.1 Å². The zero-order valence-electron chi connectivity index (χ0n) is 17.7. The van der Waals surface area contributed by atoms with E-state index in [0.29, 0.717) is 6.42 Å². The fourth-order valence-corrected chi connectivity index (χ4v) is 2.91. The van der Waals surface area contributed by atoms with Crippen molar-refractivity contribution in [2.45, 2.75) is 58.8 Å². The van der Waals surface area contributed by atoms with Crippen molar-refractivity contribution in [2.24, 2.45) is 17.8 Å². The van der Waals surface area contributed by atoms with E-state index in [4.69, 9.17) is 5.11 Å². The lowest BCUT2D eigenvalue weighted by atomic mass is 9.91. The molecule has 0 aliphatic rings. The number of thiol groups is 1. The zero-order chi connectivity index (χ0) is 22.7. The van der Waals surface area contributed by atoms with Gasteiger partial charge < -0.3 is 21.1 Å². The molecule has 0 aliphatic heterocycles. The van der Waals surface area contributed by atoms with E-state index in [1.165, 1.54) is 6.92 Å². The molecular formula is C19H33N3O6S. The number of nitrogens with one attached hydrogen (secondary N) is 3. The molecule has 0 fully saturated rings. The first-order valence-corrected chi connectivity index (χ1v) is 10.1. The van der Waals surface area contributed by atoms with Crippen LogP contribution >= 0.6 is 12.6 Å². The van der Waals surface area contributed by atoms with Crippen molar-refractivity contribution in [3.05, 3.63) is 0 Å². The number of carboxylic acids is 1. The topological polar surface area (TPSA) is 142 Å². The lowest BCUT2D eigenvalue weighted by Gasteiger charge is -2.22. The van der Waals surface area contributed by atoms with Gasteiger partial charge in [-0.3, -0.25) is 19.2 Å². The van der Waals surface area contributed by atoms with Crippen LogP contribution in [0.2, 0.25) is 0 Å². The number of hydrogen-bond acceptors (Lipinski definition) is 6. The summed E-state index contributed by atoms with van der Waals surface area (Å²) in [5.74, 6) is -3.52. The van der Waals surface area contributed by atoms with Gasteiger partial charge in [-0.1, -0.05) is 27.7 Å². The van der Waals surface area contributed by atoms with E-state index in [9.17, 15) is 24.0 Å². The van der Waals surface area contributed by atoms with E-state index < -0.39 is 47.4 Å². The van der Waals surface area contributed by atoms with Gasteiger partial charge in [-0.25, -0.2) is 4.79 Å². The van der Waals surface area contributed by atoms with E-state index >= 15 is 0 Å². The molecule has 10 heteroatoms. The van der Waals surface area contributed by atoms with Crippen LogP contribution in [0.25, 0.3) is 0 Å². The van der Waals surface area contributed by atoms with Gasteiger partial charge in [0, 0.05) is 0 Å². The lowest BCUT2D eigenvalue weighted by Crippen LogP contribution is -2.48. The number of amides is 3. The molecule has 0 aromatic heterocycles. The molecule has 0 aliphatic carbocycles. The first-order valence-electron chi connectivity index (χ1n) is 9.60. The molecule has 4 N–H and O–H groups in total. The Morgan fingerprint density at radius 3 is 1.83 bits per heavy atom. The Labute approximate surface area is 177 Å². The molecule has 0 spiro atoms. The zero-order valence-corrected chi connectivity index (χ0v) is 18.5. The molecule has 0 aromatic rings. The number of hydrogen-bond donors (Lipinski definition) is 5. The van der Waals surface area contributed by atoms with Crippen LogP contribution in [0.1, 0.15) is 47.5 Å². The van der Waals surface area contributed by atoms with Crippen molar-refractivity contribution >= 4 is 42.1 Å². The molecule has 0 heterocycles. The molecule has 0 rings (SSSR count). The third kappa shape index (κ3) is 11.5. The van der Waals surface area contributed by atoms with Crippen molar-refractivity contribution in [1.29, 1.82) is 0 Å². The average Bonchev–Trinajstić information content (AvgIpc) is 2.60. The molecule has 0 saturated carbocycles. The van der Waals surface area contributed by atoms with Gasteiger partial charge in [0.2, 0.25) is 17.7 Å². The maximum Gasteiger partial charge on any atom is 0.326 e. The Bertz CT molecular complexity index is 609. The summed E-state index contributed by atoms with van der Waals surface area (Å²) in [7, 11) is 0. The fraction of sp³-hybridized carbons (Fsp3) is 0.737. The predicted molar refractivity (Wildman–Crippen MR) is 111 cm³/mol. The Balaban J connectivity index is 4.55. The van der Waals surface area contributed by atoms with Crippen molar-refractivity contribution in [2.75, 3.05) is 13.1 Å². The number of carbonyl (C=O) groups excluding carboxylic acids is 4. The second-order valence-corrected chi connectivity index (χ2v) is 8.43. The van der Waals surface area contributed by atoms with E-state index in [1.54, 1.807) is 0 Å². The maximum absolute atomic E-state index is 12.4. The quantitative estimate of drug-likeness (QED) is 0.267. The van der Waals surface area contributed by atoms with Gasteiger partial charge in [0.15, 0.2) is 0 Å². The summed E-state index contributed by atoms with van der Waals surface area (Å²) in [4.78, 5) is 58.8. The summed E-state index contributed by atoms with van der Waals surface area (Å²) >= 11 is 4.21. The highest BCUT2D eigenvalue weighted by Crippen LogP contribution is 2.20. The summed E-state index contributed by atoms with van der Waals surface area (Å²) in [5, 5.41) is 15.5. The van der Waals surface area contributed by atoms with Gasteiger partial charge in [0.1, 0.15) is 11.8 Å². The number of carboxylic acid groups (broad SMARTS) is 1. The predicted octanol–water partition coefficient (Wildman–Crippen LogP) is 0.384. The molecule has 3 amide bonds. The minimum absolute atomic E-state index is 0.0747. The SMILES string of the molecule is CC(=O)C(S)C(CC(C)C)C(=O)NCC(=O)NCC(=O)N[C@@H](CC(C)C)C(=O)O. The largest absolute Gasteiger partial charge is 0.480 e. The number of ketones is 1. The van der Waals surface area contributed by atoms with Crippen molar-refractivity contribution in [3.8, 4) is 0 Å². The van der Waals surface area contributed by atoms with Crippen LogP contribution in [0.4, 0.5) is 0 Å². The molecule has 29 heavy (non-hydrogen) atoms. The molecular weight excluding hydrogens is 398 g/mol. The van der Waals surface area contributed by atoms with Crippen LogP contribution < -0.4 is 16.0 Å². The highest BCUT2D eigenvalue weighted by Gasteiger charge is 2.29. The number of carbonyl (C=O) groups is 5. The molecule has 166 valence electrons. The van der Waals surface area contributed by atoms with E-state index in [0.717, 1.165) is 0 Å². The van der Waals surface area contributed by atoms with Crippen LogP contribution in [0, 0.1) is 17.8 Å². The van der Waals surface area contributed by atoms with Gasteiger partial charge in [-0.2, -0.15) is 12.6 Å². The minimum Gasteiger partial charge on any atom is -0.480 e. The third-order valence-electron chi connectivity index (χ3n) is 4.07. The van der Waals surface area contributed by atoms with Crippen molar-refractivity contribution in [3.63, 3.8) is 0 Å². The molecule has 0 saturated heterocycles. The highest BCUT2D eigenvalue weighted by atomic mass is 32.1. The second kappa shape index (κ2) is 13.2. The fourth-order valence-electron chi connectivity index (χ4n) is 2.65. The summed E-state index contributed by atoms with van der Waals surface area (Å²) in [6, 6.07) is -1.03. The monoisotopic (exact) mass is 431 g/mol. The third-order valence-corrected chi connectivity index (χ3v) is 4.79. The summed E-state index contributed by atoms with van der Waals surface area (Å²) in [6.07, 6.45) is 0.708. The maximum atomic E-state index is 12.4. The number of aliphatic carboxylic acids is 1. The van der Waals surface area contributed by atoms with Crippen LogP contribution in [0.15, 0.2) is 0 Å². The van der Waals surface area contributed by atoms with Crippen molar-refractivity contribution in [1.82, 2.24) is 16.0 Å². The molecule has 2 unspecified atom stereocenters. The second-order valence-electron chi connectivity index (χ2n) is 7.87. The Kier molecular flexibility index (Phi) is 12.2. The van der Waals surface area contributed by atoms with Gasteiger partial charge in [0.25, 0.3) is 0 Å². The highest BCUT2D eigenvalue weighted by molar-refractivity contribution is 7.81. The van der Waals surface area contributed by atoms with Gasteiger partial charge >= 0.3 is 5.97 Å². The summed E-state index contributed by atoms with van der Waals surface area (Å²) in [5.41, 5.74) is 0. The van der Waals surface area contributed by atoms with Gasteiger partial charge in [-0.15, -0.1) is 0 Å². The van der Waals surface area contributed by atoms with E-state index in [1.807, 2.05) is 27.7 Å². The average molecular weight is 432 g/mol. The van der Waals surface area contributed by atoms with Crippen LogP contribution in [0.5, 0.6) is 0 Å². The summed E-state index contributed by atoms with van der Waals surface area (Å²) in [6.45, 7) is 8.07. The molecule has 0 aromatic carbocycles. The smallest absolute Gasteiger partial charge is 0.326 e. The Morgan fingerprint density at radius 2 is 1.38 bits per heavy atom. The molecule has 9 nitrogen and oxygen atoms in total. The molecule has 0 radical (unpaired) electrons. The molecule has 3 atom stereocenters. The first kappa shape index (κ1) is 26.9. The van der Waals surface area contributed by atoms with E-state index in [2.05, 4.69) is 28.6 Å². The normalized spacial score (nSPS) is 14.1. The van der Waals surface area contributed by atoms with Gasteiger partial charge in [-0.05, 0) is 31.6 Å². The van der Waals surface area contributed by atoms with Crippen LogP contribution in [-0.2, 0) is 24.0 Å². The number of Topliss-reactive ketones (excluding diaryl/α,β-unsaturated/α-hetero) is 1.